The van der Waals surface area contributed by atoms with E-state index in [1.807, 2.05) is 48.5 Å². The molecule has 0 radical (unpaired) electrons. The number of ether oxygens (including phenoxy) is 2. The number of nitrogens with one attached hydrogen (secondary N) is 1. The first kappa shape index (κ1) is 16.7. The van der Waals surface area contributed by atoms with Gasteiger partial charge in [-0.1, -0.05) is 36.4 Å². The van der Waals surface area contributed by atoms with Crippen molar-refractivity contribution in [1.29, 1.82) is 0 Å². The zero-order chi connectivity index (χ0) is 16.9. The maximum Gasteiger partial charge on any atom is 0.321 e. The summed E-state index contributed by atoms with van der Waals surface area (Å²) in [4.78, 5) is 11.1. The lowest BCUT2D eigenvalue weighted by atomic mass is 10.2. The quantitative estimate of drug-likeness (QED) is 0.839. The monoisotopic (exact) mass is 345 g/mol. The van der Waals surface area contributed by atoms with E-state index < -0.39 is 12.0 Å². The third-order valence-electron chi connectivity index (χ3n) is 3.81. The molecule has 1 saturated heterocycles. The zero-order valence-electron chi connectivity index (χ0n) is 13.3. The molecule has 2 aromatic carbocycles. The fraction of sp³-hybridized carbons (Fsp3) is 0.278. The second-order valence-electron chi connectivity index (χ2n) is 5.46. The largest absolute Gasteiger partial charge is 0.493 e. The van der Waals surface area contributed by atoms with Crippen molar-refractivity contribution in [2.45, 2.75) is 18.0 Å². The Hall–Kier alpha value is -2.18. The van der Waals surface area contributed by atoms with Crippen LogP contribution in [0, 0.1) is 0 Å². The Morgan fingerprint density at radius 2 is 2.04 bits per heavy atom. The summed E-state index contributed by atoms with van der Waals surface area (Å²) in [7, 11) is 1.60. The van der Waals surface area contributed by atoms with Gasteiger partial charge in [0.05, 0.1) is 12.5 Å². The van der Waals surface area contributed by atoms with Crippen molar-refractivity contribution in [1.82, 2.24) is 5.32 Å². The van der Waals surface area contributed by atoms with Gasteiger partial charge in [0, 0.05) is 5.75 Å². The SMILES string of the molecule is COc1ccc(C2NC(C(=O)O)CS2)cc1OCc1ccccc1. The molecule has 0 aliphatic carbocycles. The lowest BCUT2D eigenvalue weighted by molar-refractivity contribution is -0.138. The summed E-state index contributed by atoms with van der Waals surface area (Å²) in [5.74, 6) is 1.04. The summed E-state index contributed by atoms with van der Waals surface area (Å²) in [6, 6.07) is 15.1. The molecular weight excluding hydrogens is 326 g/mol. The predicted octanol–water partition coefficient (Wildman–Crippen LogP) is 3.06. The predicted molar refractivity (Wildman–Crippen MR) is 93.5 cm³/mol. The molecule has 2 N–H and O–H groups in total. The van der Waals surface area contributed by atoms with Crippen LogP contribution < -0.4 is 14.8 Å². The van der Waals surface area contributed by atoms with Crippen molar-refractivity contribution in [3.05, 3.63) is 59.7 Å². The molecule has 0 spiro atoms. The topological polar surface area (TPSA) is 67.8 Å². The Morgan fingerprint density at radius 3 is 2.71 bits per heavy atom. The smallest absolute Gasteiger partial charge is 0.321 e. The standard InChI is InChI=1S/C18H19NO4S/c1-22-15-8-7-13(17-19-14(11-24-17)18(20)21)9-16(15)23-10-12-5-3-2-4-6-12/h2-9,14,17,19H,10-11H2,1H3,(H,20,21). The molecule has 0 saturated carbocycles. The number of hydrogen-bond donors (Lipinski definition) is 2. The van der Waals surface area contributed by atoms with E-state index in [1.165, 1.54) is 0 Å². The van der Waals surface area contributed by atoms with E-state index >= 15 is 0 Å². The number of carbonyl (C=O) groups is 1. The van der Waals surface area contributed by atoms with Gasteiger partial charge in [0.2, 0.25) is 0 Å². The van der Waals surface area contributed by atoms with Crippen LogP contribution in [0.4, 0.5) is 0 Å². The fourth-order valence-electron chi connectivity index (χ4n) is 2.51. The number of carboxylic acid groups (broad SMARTS) is 1. The Bertz CT molecular complexity index is 707. The first-order chi connectivity index (χ1) is 11.7. The van der Waals surface area contributed by atoms with E-state index in [2.05, 4.69) is 5.32 Å². The lowest BCUT2D eigenvalue weighted by Crippen LogP contribution is -2.33. The minimum Gasteiger partial charge on any atom is -0.493 e. The number of methoxy groups -OCH3 is 1. The van der Waals surface area contributed by atoms with Gasteiger partial charge < -0.3 is 14.6 Å². The van der Waals surface area contributed by atoms with E-state index in [0.29, 0.717) is 23.9 Å². The minimum absolute atomic E-state index is 0.0592. The maximum absolute atomic E-state index is 11.1. The molecule has 3 rings (SSSR count). The summed E-state index contributed by atoms with van der Waals surface area (Å²) in [5, 5.41) is 12.2. The molecule has 126 valence electrons. The average Bonchev–Trinajstić information content (AvgIpc) is 3.11. The van der Waals surface area contributed by atoms with Crippen LogP contribution in [0.1, 0.15) is 16.5 Å². The van der Waals surface area contributed by atoms with Crippen LogP contribution in [-0.2, 0) is 11.4 Å². The van der Waals surface area contributed by atoms with Crippen LogP contribution in [0.3, 0.4) is 0 Å². The van der Waals surface area contributed by atoms with Crippen LogP contribution in [-0.4, -0.2) is 30.0 Å². The first-order valence-electron chi connectivity index (χ1n) is 7.62. The van der Waals surface area contributed by atoms with Crippen LogP contribution in [0.5, 0.6) is 11.5 Å². The third-order valence-corrected chi connectivity index (χ3v) is 5.08. The van der Waals surface area contributed by atoms with Crippen LogP contribution in [0.25, 0.3) is 0 Å². The summed E-state index contributed by atoms with van der Waals surface area (Å²) >= 11 is 1.58. The molecule has 2 aromatic rings. The van der Waals surface area contributed by atoms with Gasteiger partial charge in [0.1, 0.15) is 12.6 Å². The summed E-state index contributed by atoms with van der Waals surface area (Å²) in [6.45, 7) is 0.448. The Balaban J connectivity index is 1.74. The highest BCUT2D eigenvalue weighted by molar-refractivity contribution is 7.99. The Labute approximate surface area is 145 Å². The Morgan fingerprint density at radius 1 is 1.25 bits per heavy atom. The third kappa shape index (κ3) is 3.83. The molecule has 24 heavy (non-hydrogen) atoms. The Kier molecular flexibility index (Phi) is 5.27. The van der Waals surface area contributed by atoms with E-state index in [-0.39, 0.29) is 5.37 Å². The molecular formula is C18H19NO4S. The lowest BCUT2D eigenvalue weighted by Gasteiger charge is -2.16. The molecule has 0 aromatic heterocycles. The van der Waals surface area contributed by atoms with E-state index in [9.17, 15) is 4.79 Å². The number of benzene rings is 2. The molecule has 1 aliphatic heterocycles. The maximum atomic E-state index is 11.1. The number of rotatable bonds is 6. The second kappa shape index (κ2) is 7.59. The van der Waals surface area contributed by atoms with Gasteiger partial charge in [-0.05, 0) is 23.3 Å². The van der Waals surface area contributed by atoms with Crippen molar-refractivity contribution in [3.8, 4) is 11.5 Å². The molecule has 6 heteroatoms. The van der Waals surface area contributed by atoms with Gasteiger partial charge in [-0.3, -0.25) is 10.1 Å². The van der Waals surface area contributed by atoms with Gasteiger partial charge >= 0.3 is 5.97 Å². The number of thioether (sulfide) groups is 1. The van der Waals surface area contributed by atoms with Crippen LogP contribution in [0.15, 0.2) is 48.5 Å². The number of carboxylic acids is 1. The molecule has 0 amide bonds. The van der Waals surface area contributed by atoms with E-state index in [0.717, 1.165) is 11.1 Å². The van der Waals surface area contributed by atoms with Crippen molar-refractivity contribution in [2.75, 3.05) is 12.9 Å². The highest BCUT2D eigenvalue weighted by Crippen LogP contribution is 2.37. The second-order valence-corrected chi connectivity index (χ2v) is 6.59. The highest BCUT2D eigenvalue weighted by Gasteiger charge is 2.30. The average molecular weight is 345 g/mol. The number of aliphatic carboxylic acids is 1. The highest BCUT2D eigenvalue weighted by atomic mass is 32.2. The molecule has 5 nitrogen and oxygen atoms in total. The first-order valence-corrected chi connectivity index (χ1v) is 8.67. The van der Waals surface area contributed by atoms with Gasteiger partial charge in [0.15, 0.2) is 11.5 Å². The normalized spacial score (nSPS) is 19.9. The van der Waals surface area contributed by atoms with Gasteiger partial charge in [-0.2, -0.15) is 0 Å². The minimum atomic E-state index is -0.820. The number of hydrogen-bond acceptors (Lipinski definition) is 5. The van der Waals surface area contributed by atoms with E-state index in [4.69, 9.17) is 14.6 Å². The summed E-state index contributed by atoms with van der Waals surface area (Å²) < 4.78 is 11.3. The summed E-state index contributed by atoms with van der Waals surface area (Å²) in [5.41, 5.74) is 2.05. The van der Waals surface area contributed by atoms with Crippen molar-refractivity contribution in [2.24, 2.45) is 0 Å². The van der Waals surface area contributed by atoms with Gasteiger partial charge in [0.25, 0.3) is 0 Å². The van der Waals surface area contributed by atoms with Crippen LogP contribution >= 0.6 is 11.8 Å². The molecule has 0 bridgehead atoms. The van der Waals surface area contributed by atoms with E-state index in [1.54, 1.807) is 18.9 Å². The molecule has 2 unspecified atom stereocenters. The molecule has 1 heterocycles. The summed E-state index contributed by atoms with van der Waals surface area (Å²) in [6.07, 6.45) is 0. The fourth-order valence-corrected chi connectivity index (χ4v) is 3.73. The van der Waals surface area contributed by atoms with Gasteiger partial charge in [-0.15, -0.1) is 11.8 Å². The molecule has 2 atom stereocenters. The molecule has 1 fully saturated rings. The van der Waals surface area contributed by atoms with Crippen molar-refractivity contribution < 1.29 is 19.4 Å². The van der Waals surface area contributed by atoms with Crippen molar-refractivity contribution >= 4 is 17.7 Å². The molecule has 1 aliphatic rings. The zero-order valence-corrected chi connectivity index (χ0v) is 14.1. The van der Waals surface area contributed by atoms with Gasteiger partial charge in [-0.25, -0.2) is 0 Å². The van der Waals surface area contributed by atoms with Crippen molar-refractivity contribution in [3.63, 3.8) is 0 Å². The van der Waals surface area contributed by atoms with Crippen LogP contribution in [0.2, 0.25) is 0 Å².